The van der Waals surface area contributed by atoms with E-state index in [2.05, 4.69) is 9.97 Å². The first kappa shape index (κ1) is 14.4. The van der Waals surface area contributed by atoms with E-state index in [4.69, 9.17) is 10.5 Å². The number of nitrogens with zero attached hydrogens (tertiary/aromatic N) is 4. The lowest BCUT2D eigenvalue weighted by atomic mass is 10.2. The molecule has 2 aromatic heterocycles. The highest BCUT2D eigenvalue weighted by molar-refractivity contribution is 6.01. The third-order valence-electron chi connectivity index (χ3n) is 4.17. The number of rotatable bonds is 2. The van der Waals surface area contributed by atoms with Crippen molar-refractivity contribution in [3.8, 4) is 5.75 Å². The maximum atomic E-state index is 12.5. The number of aromatic nitrogens is 3. The highest BCUT2D eigenvalue weighted by Gasteiger charge is 2.27. The van der Waals surface area contributed by atoms with Crippen molar-refractivity contribution in [2.24, 2.45) is 0 Å². The van der Waals surface area contributed by atoms with E-state index in [1.165, 1.54) is 4.90 Å². The number of carbonyl (C=O) groups excluding carboxylic acids is 2. The molecule has 1 aromatic carbocycles. The van der Waals surface area contributed by atoms with Gasteiger partial charge in [0.1, 0.15) is 22.6 Å². The number of methoxy groups -OCH3 is 1. The number of fused-ring (bicyclic) bond motifs is 3. The summed E-state index contributed by atoms with van der Waals surface area (Å²) in [6, 6.07) is 5.46. The summed E-state index contributed by atoms with van der Waals surface area (Å²) in [5.74, 6) is 0.581. The fourth-order valence-electron chi connectivity index (χ4n) is 2.97. The molecule has 1 fully saturated rings. The molecule has 2 N–H and O–H groups in total. The lowest BCUT2D eigenvalue weighted by Crippen LogP contribution is -2.28. The third kappa shape index (κ3) is 2.07. The number of carbonyl (C=O) groups is 2. The van der Waals surface area contributed by atoms with Crippen LogP contribution >= 0.6 is 0 Å². The van der Waals surface area contributed by atoms with Crippen LogP contribution in [0.4, 0.5) is 5.95 Å². The number of benzene rings is 1. The molecule has 0 saturated carbocycles. The van der Waals surface area contributed by atoms with E-state index in [1.807, 2.05) is 12.1 Å². The summed E-state index contributed by atoms with van der Waals surface area (Å²) in [4.78, 5) is 34.2. The van der Waals surface area contributed by atoms with E-state index in [0.717, 1.165) is 5.39 Å². The molecule has 1 saturated heterocycles. The third-order valence-corrected chi connectivity index (χ3v) is 4.17. The first-order valence-electron chi connectivity index (χ1n) is 7.50. The van der Waals surface area contributed by atoms with E-state index in [0.29, 0.717) is 29.9 Å². The first-order valence-corrected chi connectivity index (χ1v) is 7.50. The smallest absolute Gasteiger partial charge is 0.274 e. The summed E-state index contributed by atoms with van der Waals surface area (Å²) in [5, 5.41) is 0.736. The van der Waals surface area contributed by atoms with Crippen LogP contribution in [0.2, 0.25) is 0 Å². The number of amides is 1. The van der Waals surface area contributed by atoms with Crippen molar-refractivity contribution in [2.75, 3.05) is 25.9 Å². The minimum Gasteiger partial charge on any atom is -0.494 e. The fraction of sp³-hybridized carbons (Fsp3) is 0.250. The van der Waals surface area contributed by atoms with Crippen LogP contribution in [0.5, 0.6) is 5.75 Å². The van der Waals surface area contributed by atoms with Crippen LogP contribution in [-0.2, 0) is 4.79 Å². The van der Waals surface area contributed by atoms with Crippen LogP contribution < -0.4 is 10.5 Å². The SMILES string of the molecule is COc1cccc2c1nc(N)n1cc(C(=O)N3CCC(=O)C3)nc21. The van der Waals surface area contributed by atoms with Gasteiger partial charge in [-0.3, -0.25) is 14.0 Å². The van der Waals surface area contributed by atoms with Gasteiger partial charge in [0, 0.05) is 24.5 Å². The number of nitrogens with two attached hydrogens (primary N) is 1. The predicted octanol–water partition coefficient (Wildman–Crippen LogP) is 0.888. The molecule has 1 amide bonds. The first-order chi connectivity index (χ1) is 11.6. The Bertz CT molecular complexity index is 994. The van der Waals surface area contributed by atoms with Gasteiger partial charge in [-0.1, -0.05) is 6.07 Å². The zero-order chi connectivity index (χ0) is 16.8. The van der Waals surface area contributed by atoms with E-state index in [1.54, 1.807) is 23.8 Å². The van der Waals surface area contributed by atoms with E-state index in [-0.39, 0.29) is 29.9 Å². The number of ketones is 1. The molecule has 1 aliphatic heterocycles. The van der Waals surface area contributed by atoms with Gasteiger partial charge in [-0.2, -0.15) is 0 Å². The molecule has 3 heterocycles. The molecule has 0 bridgehead atoms. The Labute approximate surface area is 136 Å². The quantitative estimate of drug-likeness (QED) is 0.750. The van der Waals surface area contributed by atoms with Crippen molar-refractivity contribution < 1.29 is 14.3 Å². The molecule has 0 unspecified atom stereocenters. The number of para-hydroxylation sites is 1. The number of Topliss-reactive ketones (excluding diaryl/α,β-unsaturated/α-hetero) is 1. The molecular weight excluding hydrogens is 310 g/mol. The Morgan fingerprint density at radius 3 is 2.88 bits per heavy atom. The van der Waals surface area contributed by atoms with E-state index in [9.17, 15) is 9.59 Å². The lowest BCUT2D eigenvalue weighted by Gasteiger charge is -2.11. The standard InChI is InChI=1S/C16H15N5O3/c1-24-12-4-2-3-10-13(12)19-16(17)21-8-11(18-14(10)21)15(23)20-6-5-9(22)7-20/h2-4,8H,5-7H2,1H3,(H2,17,19). The number of ether oxygens (including phenoxy) is 1. The second-order valence-corrected chi connectivity index (χ2v) is 5.66. The monoisotopic (exact) mass is 325 g/mol. The van der Waals surface area contributed by atoms with Gasteiger partial charge >= 0.3 is 0 Å². The Morgan fingerprint density at radius 1 is 1.33 bits per heavy atom. The van der Waals surface area contributed by atoms with Gasteiger partial charge in [-0.05, 0) is 12.1 Å². The maximum absolute atomic E-state index is 12.5. The molecule has 0 atom stereocenters. The molecule has 0 radical (unpaired) electrons. The van der Waals surface area contributed by atoms with Gasteiger partial charge in [0.25, 0.3) is 5.91 Å². The van der Waals surface area contributed by atoms with Crippen LogP contribution in [0.1, 0.15) is 16.9 Å². The highest BCUT2D eigenvalue weighted by Crippen LogP contribution is 2.28. The van der Waals surface area contributed by atoms with Crippen LogP contribution in [0, 0.1) is 0 Å². The van der Waals surface area contributed by atoms with Gasteiger partial charge in [-0.15, -0.1) is 0 Å². The largest absolute Gasteiger partial charge is 0.494 e. The number of hydrogen-bond acceptors (Lipinski definition) is 6. The van der Waals surface area contributed by atoms with Gasteiger partial charge in [0.15, 0.2) is 5.78 Å². The number of likely N-dealkylation sites (tertiary alicyclic amines) is 1. The molecule has 0 aliphatic carbocycles. The second-order valence-electron chi connectivity index (χ2n) is 5.66. The number of imidazole rings is 1. The predicted molar refractivity (Wildman–Crippen MR) is 87.0 cm³/mol. The van der Waals surface area contributed by atoms with E-state index >= 15 is 0 Å². The Kier molecular flexibility index (Phi) is 3.12. The molecule has 8 heteroatoms. The summed E-state index contributed by atoms with van der Waals surface area (Å²) in [6.45, 7) is 0.558. The van der Waals surface area contributed by atoms with Crippen molar-refractivity contribution in [1.29, 1.82) is 0 Å². The molecule has 122 valence electrons. The van der Waals surface area contributed by atoms with Gasteiger partial charge in [0.2, 0.25) is 5.95 Å². The van der Waals surface area contributed by atoms with Gasteiger partial charge in [0.05, 0.1) is 13.7 Å². The second kappa shape index (κ2) is 5.19. The summed E-state index contributed by atoms with van der Waals surface area (Å²) < 4.78 is 6.89. The minimum atomic E-state index is -0.278. The maximum Gasteiger partial charge on any atom is 0.274 e. The molecular formula is C16H15N5O3. The number of anilines is 1. The number of hydrogen-bond donors (Lipinski definition) is 1. The van der Waals surface area contributed by atoms with Gasteiger partial charge < -0.3 is 15.4 Å². The van der Waals surface area contributed by atoms with Gasteiger partial charge in [-0.25, -0.2) is 9.97 Å². The highest BCUT2D eigenvalue weighted by atomic mass is 16.5. The van der Waals surface area contributed by atoms with Crippen LogP contribution in [-0.4, -0.2) is 51.2 Å². The molecule has 24 heavy (non-hydrogen) atoms. The fourth-order valence-corrected chi connectivity index (χ4v) is 2.97. The van der Waals surface area contributed by atoms with Crippen molar-refractivity contribution in [3.05, 3.63) is 30.1 Å². The van der Waals surface area contributed by atoms with Crippen molar-refractivity contribution in [3.63, 3.8) is 0 Å². The molecule has 1 aliphatic rings. The Morgan fingerprint density at radius 2 is 2.17 bits per heavy atom. The van der Waals surface area contributed by atoms with Crippen molar-refractivity contribution in [2.45, 2.75) is 6.42 Å². The molecule has 8 nitrogen and oxygen atoms in total. The van der Waals surface area contributed by atoms with E-state index < -0.39 is 0 Å². The Balaban J connectivity index is 1.88. The van der Waals surface area contributed by atoms with Crippen molar-refractivity contribution >= 4 is 34.2 Å². The van der Waals surface area contributed by atoms with Crippen LogP contribution in [0.3, 0.4) is 0 Å². The minimum absolute atomic E-state index is 0.0588. The summed E-state index contributed by atoms with van der Waals surface area (Å²) in [7, 11) is 1.56. The topological polar surface area (TPSA) is 103 Å². The normalized spacial score (nSPS) is 14.7. The summed E-state index contributed by atoms with van der Waals surface area (Å²) in [6.07, 6.45) is 1.95. The zero-order valence-corrected chi connectivity index (χ0v) is 13.0. The summed E-state index contributed by atoms with van der Waals surface area (Å²) in [5.41, 5.74) is 7.38. The molecule has 0 spiro atoms. The lowest BCUT2D eigenvalue weighted by molar-refractivity contribution is -0.116. The average Bonchev–Trinajstić information content (AvgIpc) is 3.21. The van der Waals surface area contributed by atoms with Crippen LogP contribution in [0.25, 0.3) is 16.6 Å². The van der Waals surface area contributed by atoms with Crippen molar-refractivity contribution in [1.82, 2.24) is 19.3 Å². The Hall–Kier alpha value is -3.16. The molecule has 4 rings (SSSR count). The molecule has 3 aromatic rings. The number of nitrogen functional groups attached to an aromatic ring is 1. The summed E-state index contributed by atoms with van der Waals surface area (Å²) >= 11 is 0. The van der Waals surface area contributed by atoms with Crippen LogP contribution in [0.15, 0.2) is 24.4 Å². The zero-order valence-electron chi connectivity index (χ0n) is 13.0. The average molecular weight is 325 g/mol.